The molecule has 0 saturated carbocycles. The summed E-state index contributed by atoms with van der Waals surface area (Å²) in [5, 5.41) is 0. The van der Waals surface area contributed by atoms with Gasteiger partial charge < -0.3 is 14.2 Å². The quantitative estimate of drug-likeness (QED) is 0.436. The number of esters is 1. The largest absolute Gasteiger partial charge is 0.500 e. The first-order chi connectivity index (χ1) is 12.1. The molecule has 1 aromatic heterocycles. The highest BCUT2D eigenvalue weighted by Crippen LogP contribution is 2.27. The fraction of sp³-hybridized carbons (Fsp3) is 0.316. The fourth-order valence-electron chi connectivity index (χ4n) is 2.22. The zero-order valence-corrected chi connectivity index (χ0v) is 14.9. The van der Waals surface area contributed by atoms with Crippen LogP contribution in [0.15, 0.2) is 42.5 Å². The number of carbonyl (C=O) groups is 1. The summed E-state index contributed by atoms with van der Waals surface area (Å²) in [5.74, 6) is 0.473. The monoisotopic (exact) mass is 342 g/mol. The van der Waals surface area contributed by atoms with Crippen molar-refractivity contribution in [2.45, 2.75) is 26.7 Å². The van der Waals surface area contributed by atoms with Gasteiger partial charge in [0, 0.05) is 17.5 Å². The van der Waals surface area contributed by atoms with Crippen LogP contribution in [0.2, 0.25) is 0 Å². The third-order valence-electron chi connectivity index (χ3n) is 3.50. The van der Waals surface area contributed by atoms with Crippen molar-refractivity contribution in [2.75, 3.05) is 14.2 Å². The predicted molar refractivity (Wildman–Crippen MR) is 93.9 cm³/mol. The summed E-state index contributed by atoms with van der Waals surface area (Å²) in [5.41, 5.74) is 2.66. The van der Waals surface area contributed by atoms with E-state index in [0.717, 1.165) is 29.7 Å². The van der Waals surface area contributed by atoms with E-state index < -0.39 is 5.97 Å². The molecular formula is C19H22N2O4. The molecule has 0 aliphatic rings. The minimum Gasteiger partial charge on any atom is -0.500 e. The zero-order valence-electron chi connectivity index (χ0n) is 14.9. The summed E-state index contributed by atoms with van der Waals surface area (Å²) in [7, 11) is 2.72. The third-order valence-corrected chi connectivity index (χ3v) is 3.50. The Morgan fingerprint density at radius 1 is 1.24 bits per heavy atom. The summed E-state index contributed by atoms with van der Waals surface area (Å²) < 4.78 is 15.3. The predicted octanol–water partition coefficient (Wildman–Crippen LogP) is 3.44. The van der Waals surface area contributed by atoms with E-state index >= 15 is 0 Å². The summed E-state index contributed by atoms with van der Waals surface area (Å²) >= 11 is 0. The highest BCUT2D eigenvalue weighted by Gasteiger charge is 2.15. The van der Waals surface area contributed by atoms with Crippen LogP contribution >= 0.6 is 0 Å². The number of benzene rings is 1. The van der Waals surface area contributed by atoms with Crippen molar-refractivity contribution in [3.8, 4) is 17.1 Å². The van der Waals surface area contributed by atoms with E-state index in [1.165, 1.54) is 20.5 Å². The number of hydrogen-bond donors (Lipinski definition) is 0. The van der Waals surface area contributed by atoms with Crippen molar-refractivity contribution in [1.29, 1.82) is 0 Å². The number of aromatic nitrogens is 2. The Morgan fingerprint density at radius 2 is 2.04 bits per heavy atom. The van der Waals surface area contributed by atoms with Gasteiger partial charge in [0.2, 0.25) is 5.76 Å². The second-order valence-electron chi connectivity index (χ2n) is 5.41. The molecular weight excluding hydrogens is 320 g/mol. The van der Waals surface area contributed by atoms with Crippen LogP contribution in [0.5, 0.6) is 5.75 Å². The van der Waals surface area contributed by atoms with Gasteiger partial charge in [-0.25, -0.2) is 14.8 Å². The molecule has 6 heteroatoms. The molecule has 0 aliphatic carbocycles. The molecule has 0 bridgehead atoms. The van der Waals surface area contributed by atoms with E-state index in [0.29, 0.717) is 11.6 Å². The Balaban J connectivity index is 2.35. The van der Waals surface area contributed by atoms with E-state index in [4.69, 9.17) is 14.2 Å². The molecule has 6 nitrogen and oxygen atoms in total. The lowest BCUT2D eigenvalue weighted by Gasteiger charge is -2.12. The Bertz CT molecular complexity index is 772. The Hall–Kier alpha value is -2.89. The van der Waals surface area contributed by atoms with E-state index in [9.17, 15) is 4.79 Å². The van der Waals surface area contributed by atoms with E-state index in [-0.39, 0.29) is 5.76 Å². The molecule has 0 spiro atoms. The number of aryl methyl sites for hydroxylation is 2. The molecule has 1 aromatic carbocycles. The first-order valence-corrected chi connectivity index (χ1v) is 8.01. The topological polar surface area (TPSA) is 70.5 Å². The maximum absolute atomic E-state index is 11.8. The Labute approximate surface area is 147 Å². The molecule has 1 heterocycles. The number of carbonyl (C=O) groups excluding carboxylic acids is 1. The smallest absolute Gasteiger partial charge is 0.377 e. The van der Waals surface area contributed by atoms with E-state index in [1.54, 1.807) is 12.3 Å². The van der Waals surface area contributed by atoms with Gasteiger partial charge in [-0.3, -0.25) is 0 Å². The number of hydrogen-bond acceptors (Lipinski definition) is 6. The van der Waals surface area contributed by atoms with Crippen LogP contribution < -0.4 is 4.74 Å². The van der Waals surface area contributed by atoms with Gasteiger partial charge in [-0.05, 0) is 31.0 Å². The van der Waals surface area contributed by atoms with Crippen molar-refractivity contribution < 1.29 is 19.0 Å². The van der Waals surface area contributed by atoms with Crippen LogP contribution in [0.4, 0.5) is 0 Å². The van der Waals surface area contributed by atoms with Gasteiger partial charge in [0.15, 0.2) is 5.82 Å². The Morgan fingerprint density at radius 3 is 2.72 bits per heavy atom. The molecule has 0 amide bonds. The maximum Gasteiger partial charge on any atom is 0.377 e. The first-order valence-electron chi connectivity index (χ1n) is 8.01. The summed E-state index contributed by atoms with van der Waals surface area (Å²) in [4.78, 5) is 20.7. The van der Waals surface area contributed by atoms with Crippen LogP contribution in [0, 0.1) is 6.92 Å². The molecule has 132 valence electrons. The molecule has 25 heavy (non-hydrogen) atoms. The van der Waals surface area contributed by atoms with Gasteiger partial charge in [-0.15, -0.1) is 0 Å². The minimum absolute atomic E-state index is 0.0362. The number of nitrogens with zero attached hydrogens (tertiary/aromatic N) is 2. The minimum atomic E-state index is -0.618. The standard InChI is InChI=1S/C19H22N2O4/c1-5-6-15-9-10-20-18(21-15)14-8-7-13(2)16(11-14)25-17(12-23-3)19(22)24-4/h7-12H,5-6H2,1-4H3/b17-12-. The van der Waals surface area contributed by atoms with E-state index in [2.05, 4.69) is 16.9 Å². The van der Waals surface area contributed by atoms with Crippen LogP contribution in [-0.2, 0) is 20.7 Å². The summed E-state index contributed by atoms with van der Waals surface area (Å²) in [6.45, 7) is 3.99. The normalized spacial score (nSPS) is 11.1. The van der Waals surface area contributed by atoms with E-state index in [1.807, 2.05) is 25.1 Å². The molecule has 0 saturated heterocycles. The van der Waals surface area contributed by atoms with Crippen LogP contribution in [0.3, 0.4) is 0 Å². The number of methoxy groups -OCH3 is 2. The number of ether oxygens (including phenoxy) is 3. The molecule has 0 atom stereocenters. The number of rotatable bonds is 7. The summed E-state index contributed by atoms with van der Waals surface area (Å²) in [6, 6.07) is 7.52. The second-order valence-corrected chi connectivity index (χ2v) is 5.41. The highest BCUT2D eigenvalue weighted by molar-refractivity contribution is 5.86. The van der Waals surface area contributed by atoms with Crippen LogP contribution in [0.25, 0.3) is 11.4 Å². The third kappa shape index (κ3) is 4.79. The van der Waals surface area contributed by atoms with Gasteiger partial charge in [0.25, 0.3) is 0 Å². The van der Waals surface area contributed by atoms with Crippen LogP contribution in [-0.4, -0.2) is 30.2 Å². The van der Waals surface area contributed by atoms with Crippen LogP contribution in [0.1, 0.15) is 24.6 Å². The van der Waals surface area contributed by atoms with Gasteiger partial charge >= 0.3 is 5.97 Å². The average Bonchev–Trinajstić information content (AvgIpc) is 2.63. The van der Waals surface area contributed by atoms with Crippen molar-refractivity contribution in [1.82, 2.24) is 9.97 Å². The lowest BCUT2D eigenvalue weighted by molar-refractivity contribution is -0.138. The Kier molecular flexibility index (Phi) is 6.51. The van der Waals surface area contributed by atoms with Crippen molar-refractivity contribution in [3.05, 3.63) is 53.7 Å². The van der Waals surface area contributed by atoms with Crippen molar-refractivity contribution in [2.24, 2.45) is 0 Å². The van der Waals surface area contributed by atoms with Gasteiger partial charge in [0.1, 0.15) is 12.0 Å². The lowest BCUT2D eigenvalue weighted by atomic mass is 10.1. The molecule has 0 aliphatic heterocycles. The fourth-order valence-corrected chi connectivity index (χ4v) is 2.22. The molecule has 2 aromatic rings. The highest BCUT2D eigenvalue weighted by atomic mass is 16.6. The van der Waals surface area contributed by atoms with Gasteiger partial charge in [-0.2, -0.15) is 0 Å². The molecule has 0 fully saturated rings. The SMILES string of the molecule is CCCc1ccnc(-c2ccc(C)c(O/C(=C\OC)C(=O)OC)c2)n1. The molecule has 0 N–H and O–H groups in total. The molecule has 2 rings (SSSR count). The maximum atomic E-state index is 11.8. The van der Waals surface area contributed by atoms with Gasteiger partial charge in [0.05, 0.1) is 14.2 Å². The van der Waals surface area contributed by atoms with Gasteiger partial charge in [-0.1, -0.05) is 25.5 Å². The average molecular weight is 342 g/mol. The summed E-state index contributed by atoms with van der Waals surface area (Å²) in [6.07, 6.45) is 4.87. The van der Waals surface area contributed by atoms with Crippen molar-refractivity contribution in [3.63, 3.8) is 0 Å². The molecule has 0 unspecified atom stereocenters. The zero-order chi connectivity index (χ0) is 18.2. The second kappa shape index (κ2) is 8.82. The molecule has 0 radical (unpaired) electrons. The lowest BCUT2D eigenvalue weighted by Crippen LogP contribution is -2.11. The van der Waals surface area contributed by atoms with Crippen molar-refractivity contribution >= 4 is 5.97 Å². The first kappa shape index (κ1) is 18.4.